The lowest BCUT2D eigenvalue weighted by molar-refractivity contribution is -0.0821. The molecule has 2 aliphatic carbocycles. The van der Waals surface area contributed by atoms with Gasteiger partial charge in [-0.2, -0.15) is 0 Å². The molecule has 2 atom stereocenters. The summed E-state index contributed by atoms with van der Waals surface area (Å²) in [6.45, 7) is 6.20. The number of nitrogens with zero attached hydrogens (tertiary/aromatic N) is 1. The molecule has 3 rings (SSSR count). The Morgan fingerprint density at radius 1 is 1.38 bits per heavy atom. The van der Waals surface area contributed by atoms with Crippen LogP contribution < -0.4 is 5.32 Å². The molecular formula is C17H28N2OS. The third-order valence-electron chi connectivity index (χ3n) is 4.80. The first-order valence-corrected chi connectivity index (χ1v) is 9.29. The van der Waals surface area contributed by atoms with Crippen molar-refractivity contribution >= 4 is 11.3 Å². The van der Waals surface area contributed by atoms with Gasteiger partial charge in [0, 0.05) is 23.9 Å². The van der Waals surface area contributed by atoms with E-state index in [1.54, 1.807) is 0 Å². The Balaban J connectivity index is 1.93. The van der Waals surface area contributed by atoms with E-state index in [1.807, 2.05) is 18.4 Å². The van der Waals surface area contributed by atoms with Crippen LogP contribution in [0.4, 0.5) is 0 Å². The van der Waals surface area contributed by atoms with Crippen LogP contribution in [0.1, 0.15) is 73.9 Å². The zero-order valence-corrected chi connectivity index (χ0v) is 14.4. The summed E-state index contributed by atoms with van der Waals surface area (Å²) in [6, 6.07) is 0. The minimum absolute atomic E-state index is 0.104. The minimum Gasteiger partial charge on any atom is -0.368 e. The van der Waals surface area contributed by atoms with Crippen LogP contribution in [0.3, 0.4) is 0 Å². The molecule has 1 aromatic heterocycles. The summed E-state index contributed by atoms with van der Waals surface area (Å²) in [5.41, 5.74) is 1.26. The first-order chi connectivity index (χ1) is 10.2. The second kappa shape index (κ2) is 6.35. The van der Waals surface area contributed by atoms with Gasteiger partial charge < -0.3 is 10.1 Å². The van der Waals surface area contributed by atoms with Crippen molar-refractivity contribution in [1.29, 1.82) is 0 Å². The summed E-state index contributed by atoms with van der Waals surface area (Å²) in [6.07, 6.45) is 7.51. The molecule has 0 radical (unpaired) electrons. The van der Waals surface area contributed by atoms with E-state index in [1.165, 1.54) is 41.3 Å². The third-order valence-corrected chi connectivity index (χ3v) is 6.05. The van der Waals surface area contributed by atoms with Crippen LogP contribution in [0.25, 0.3) is 0 Å². The van der Waals surface area contributed by atoms with Crippen LogP contribution in [0.5, 0.6) is 0 Å². The highest BCUT2D eigenvalue weighted by Crippen LogP contribution is 2.48. The van der Waals surface area contributed by atoms with Crippen molar-refractivity contribution in [2.45, 2.75) is 70.4 Å². The smallest absolute Gasteiger partial charge is 0.125 e. The van der Waals surface area contributed by atoms with Gasteiger partial charge in [0.1, 0.15) is 10.6 Å². The van der Waals surface area contributed by atoms with Gasteiger partial charge in [-0.05, 0) is 52.0 Å². The van der Waals surface area contributed by atoms with Crippen LogP contribution in [-0.4, -0.2) is 18.6 Å². The standard InChI is InChI=1S/C17H28N2OS/c1-4-20-17(9-5-6-12(2)10-17)16-19-15(13-7-8-13)14(21-16)11-18-3/h12-13,18H,4-11H2,1-3H3. The van der Waals surface area contributed by atoms with Crippen molar-refractivity contribution < 1.29 is 4.74 Å². The van der Waals surface area contributed by atoms with Gasteiger partial charge in [-0.15, -0.1) is 11.3 Å². The first kappa shape index (κ1) is 15.4. The average molecular weight is 308 g/mol. The second-order valence-corrected chi connectivity index (χ2v) is 7.84. The largest absolute Gasteiger partial charge is 0.368 e. The van der Waals surface area contributed by atoms with Crippen LogP contribution in [-0.2, 0) is 16.9 Å². The van der Waals surface area contributed by atoms with Crippen LogP contribution >= 0.6 is 11.3 Å². The molecule has 0 saturated heterocycles. The lowest BCUT2D eigenvalue weighted by atomic mass is 9.79. The highest BCUT2D eigenvalue weighted by atomic mass is 32.1. The number of ether oxygens (including phenoxy) is 1. The molecule has 2 aliphatic rings. The van der Waals surface area contributed by atoms with Crippen molar-refractivity contribution in [3.05, 3.63) is 15.6 Å². The summed E-state index contributed by atoms with van der Waals surface area (Å²) >= 11 is 1.90. The molecule has 0 aromatic carbocycles. The summed E-state index contributed by atoms with van der Waals surface area (Å²) in [7, 11) is 2.02. The Kier molecular flexibility index (Phi) is 4.67. The number of hydrogen-bond donors (Lipinski definition) is 1. The topological polar surface area (TPSA) is 34.1 Å². The number of thiazole rings is 1. The fourth-order valence-electron chi connectivity index (χ4n) is 3.69. The molecule has 0 bridgehead atoms. The van der Waals surface area contributed by atoms with Gasteiger partial charge in [-0.25, -0.2) is 4.98 Å². The lowest BCUT2D eigenvalue weighted by Crippen LogP contribution is -2.35. The Bertz CT molecular complexity index is 479. The number of nitrogens with one attached hydrogen (secondary N) is 1. The highest BCUT2D eigenvalue weighted by Gasteiger charge is 2.41. The maximum absolute atomic E-state index is 6.30. The molecule has 0 aliphatic heterocycles. The minimum atomic E-state index is -0.104. The van der Waals surface area contributed by atoms with Crippen LogP contribution in [0.15, 0.2) is 0 Å². The molecule has 1 N–H and O–H groups in total. The Labute approximate surface area is 132 Å². The van der Waals surface area contributed by atoms with Gasteiger partial charge in [0.05, 0.1) is 5.69 Å². The summed E-state index contributed by atoms with van der Waals surface area (Å²) in [5.74, 6) is 1.46. The van der Waals surface area contributed by atoms with E-state index in [-0.39, 0.29) is 5.60 Å². The van der Waals surface area contributed by atoms with Gasteiger partial charge in [-0.3, -0.25) is 0 Å². The number of rotatable bonds is 6. The average Bonchev–Trinajstić information content (AvgIpc) is 3.21. The van der Waals surface area contributed by atoms with Crippen molar-refractivity contribution in [2.24, 2.45) is 5.92 Å². The molecule has 2 saturated carbocycles. The van der Waals surface area contributed by atoms with Crippen LogP contribution in [0.2, 0.25) is 0 Å². The zero-order chi connectivity index (χ0) is 14.9. The molecule has 3 nitrogen and oxygen atoms in total. The van der Waals surface area contributed by atoms with Gasteiger partial charge in [0.15, 0.2) is 0 Å². The van der Waals surface area contributed by atoms with Gasteiger partial charge in [-0.1, -0.05) is 13.3 Å². The normalized spacial score (nSPS) is 29.8. The van der Waals surface area contributed by atoms with Crippen molar-refractivity contribution in [1.82, 2.24) is 10.3 Å². The van der Waals surface area contributed by atoms with E-state index < -0.39 is 0 Å². The molecule has 2 unspecified atom stereocenters. The monoisotopic (exact) mass is 308 g/mol. The number of aromatic nitrogens is 1. The molecule has 1 aromatic rings. The van der Waals surface area contributed by atoms with Gasteiger partial charge in [0.2, 0.25) is 0 Å². The Hall–Kier alpha value is -0.450. The maximum Gasteiger partial charge on any atom is 0.125 e. The van der Waals surface area contributed by atoms with Gasteiger partial charge in [0.25, 0.3) is 0 Å². The summed E-state index contributed by atoms with van der Waals surface area (Å²) < 4.78 is 6.30. The molecular weight excluding hydrogens is 280 g/mol. The van der Waals surface area contributed by atoms with E-state index in [4.69, 9.17) is 9.72 Å². The predicted octanol–water partition coefficient (Wildman–Crippen LogP) is 4.18. The van der Waals surface area contributed by atoms with Crippen molar-refractivity contribution in [3.63, 3.8) is 0 Å². The van der Waals surface area contributed by atoms with Crippen molar-refractivity contribution in [3.8, 4) is 0 Å². The Morgan fingerprint density at radius 3 is 2.81 bits per heavy atom. The van der Waals surface area contributed by atoms with Gasteiger partial charge >= 0.3 is 0 Å². The summed E-state index contributed by atoms with van der Waals surface area (Å²) in [5, 5.41) is 4.56. The first-order valence-electron chi connectivity index (χ1n) is 8.47. The fourth-order valence-corrected chi connectivity index (χ4v) is 5.03. The molecule has 0 spiro atoms. The molecule has 1 heterocycles. The third kappa shape index (κ3) is 3.17. The molecule has 118 valence electrons. The van der Waals surface area contributed by atoms with Crippen LogP contribution in [0, 0.1) is 5.92 Å². The molecule has 21 heavy (non-hydrogen) atoms. The zero-order valence-electron chi connectivity index (χ0n) is 13.6. The van der Waals surface area contributed by atoms with E-state index in [0.29, 0.717) is 0 Å². The maximum atomic E-state index is 6.30. The van der Waals surface area contributed by atoms with Crippen molar-refractivity contribution in [2.75, 3.05) is 13.7 Å². The van der Waals surface area contributed by atoms with E-state index >= 15 is 0 Å². The highest BCUT2D eigenvalue weighted by molar-refractivity contribution is 7.11. The quantitative estimate of drug-likeness (QED) is 0.856. The molecule has 2 fully saturated rings. The number of hydrogen-bond acceptors (Lipinski definition) is 4. The second-order valence-electron chi connectivity index (χ2n) is 6.76. The summed E-state index contributed by atoms with van der Waals surface area (Å²) in [4.78, 5) is 6.53. The lowest BCUT2D eigenvalue weighted by Gasteiger charge is -2.38. The van der Waals surface area contributed by atoms with E-state index in [9.17, 15) is 0 Å². The predicted molar refractivity (Wildman–Crippen MR) is 87.8 cm³/mol. The Morgan fingerprint density at radius 2 is 2.19 bits per heavy atom. The SMILES string of the molecule is CCOC1(c2nc(C3CC3)c(CNC)s2)CCCC(C)C1. The van der Waals surface area contributed by atoms with E-state index in [0.717, 1.165) is 37.8 Å². The fraction of sp³-hybridized carbons (Fsp3) is 0.824. The van der Waals surface area contributed by atoms with E-state index in [2.05, 4.69) is 19.2 Å². The molecule has 0 amide bonds. The molecule has 4 heteroatoms.